The monoisotopic (exact) mass is 379 g/mol. The first-order valence-electron chi connectivity index (χ1n) is 7.94. The van der Waals surface area contributed by atoms with Crippen LogP contribution in [0.25, 0.3) is 0 Å². The molecule has 0 saturated heterocycles. The number of ether oxygens (including phenoxy) is 4. The van der Waals surface area contributed by atoms with Crippen molar-refractivity contribution >= 4 is 18.2 Å². The van der Waals surface area contributed by atoms with Crippen LogP contribution >= 0.6 is 12.4 Å². The molecule has 2 heterocycles. The summed E-state index contributed by atoms with van der Waals surface area (Å²) < 4.78 is 21.3. The summed E-state index contributed by atoms with van der Waals surface area (Å²) in [5, 5.41) is 12.2. The van der Waals surface area contributed by atoms with Gasteiger partial charge in [-0.2, -0.15) is 0 Å². The smallest absolute Gasteiger partial charge is 0.231 e. The van der Waals surface area contributed by atoms with Crippen LogP contribution in [0.15, 0.2) is 36.4 Å². The predicted octanol–water partition coefficient (Wildman–Crippen LogP) is 2.07. The number of halogens is 1. The quantitative estimate of drug-likeness (QED) is 0.743. The molecule has 2 aliphatic rings. The van der Waals surface area contributed by atoms with E-state index >= 15 is 0 Å². The van der Waals surface area contributed by atoms with Crippen molar-refractivity contribution in [2.45, 2.75) is 6.04 Å². The highest BCUT2D eigenvalue weighted by molar-refractivity contribution is 6.01. The van der Waals surface area contributed by atoms with E-state index in [9.17, 15) is 4.79 Å². The van der Waals surface area contributed by atoms with Gasteiger partial charge < -0.3 is 29.4 Å². The van der Waals surface area contributed by atoms with Gasteiger partial charge in [-0.3, -0.25) is 4.79 Å². The lowest BCUT2D eigenvalue weighted by atomic mass is 9.96. The van der Waals surface area contributed by atoms with E-state index in [0.29, 0.717) is 28.6 Å². The second kappa shape index (κ2) is 7.82. The van der Waals surface area contributed by atoms with Gasteiger partial charge in [0.1, 0.15) is 0 Å². The van der Waals surface area contributed by atoms with Crippen molar-refractivity contribution in [1.29, 1.82) is 0 Å². The van der Waals surface area contributed by atoms with Crippen LogP contribution < -0.4 is 24.3 Å². The molecule has 26 heavy (non-hydrogen) atoms. The Kier molecular flexibility index (Phi) is 5.51. The highest BCUT2D eigenvalue weighted by Crippen LogP contribution is 2.36. The molecule has 7 nitrogen and oxygen atoms in total. The minimum absolute atomic E-state index is 0. The van der Waals surface area contributed by atoms with E-state index < -0.39 is 6.04 Å². The summed E-state index contributed by atoms with van der Waals surface area (Å²) in [5.41, 5.74) is 1.23. The van der Waals surface area contributed by atoms with Crippen molar-refractivity contribution in [2.75, 3.05) is 26.7 Å². The number of aliphatic hydroxyl groups excluding tert-OH is 1. The number of fused-ring (bicyclic) bond motifs is 2. The van der Waals surface area contributed by atoms with Crippen LogP contribution in [0.2, 0.25) is 0 Å². The average Bonchev–Trinajstić information content (AvgIpc) is 3.29. The number of benzene rings is 2. The zero-order valence-electron chi connectivity index (χ0n) is 13.8. The van der Waals surface area contributed by atoms with E-state index in [4.69, 9.17) is 24.1 Å². The molecule has 2 aliphatic heterocycles. The first-order valence-corrected chi connectivity index (χ1v) is 7.94. The third kappa shape index (κ3) is 3.41. The molecule has 0 amide bonds. The zero-order chi connectivity index (χ0) is 17.2. The van der Waals surface area contributed by atoms with Gasteiger partial charge >= 0.3 is 0 Å². The first kappa shape index (κ1) is 18.3. The number of ketones is 1. The molecule has 1 atom stereocenters. The van der Waals surface area contributed by atoms with Gasteiger partial charge in [-0.25, -0.2) is 0 Å². The maximum absolute atomic E-state index is 13.0. The van der Waals surface area contributed by atoms with E-state index in [0.717, 1.165) is 5.56 Å². The first-order chi connectivity index (χ1) is 12.3. The second-order valence-electron chi connectivity index (χ2n) is 5.66. The van der Waals surface area contributed by atoms with E-state index in [1.54, 1.807) is 30.3 Å². The van der Waals surface area contributed by atoms with Gasteiger partial charge in [0.25, 0.3) is 0 Å². The number of hydrogen-bond donors (Lipinski definition) is 2. The van der Waals surface area contributed by atoms with Crippen LogP contribution in [0, 0.1) is 0 Å². The van der Waals surface area contributed by atoms with Crippen molar-refractivity contribution in [3.8, 4) is 23.0 Å². The van der Waals surface area contributed by atoms with Crippen molar-refractivity contribution in [2.24, 2.45) is 0 Å². The lowest BCUT2D eigenvalue weighted by molar-refractivity contribution is 0.0939. The van der Waals surface area contributed by atoms with Crippen molar-refractivity contribution < 1.29 is 28.8 Å². The minimum atomic E-state index is -0.623. The van der Waals surface area contributed by atoms with Crippen LogP contribution in [0.1, 0.15) is 22.0 Å². The molecule has 1 unspecified atom stereocenters. The third-order valence-corrected chi connectivity index (χ3v) is 4.11. The summed E-state index contributed by atoms with van der Waals surface area (Å²) in [4.78, 5) is 13.0. The molecule has 2 N–H and O–H groups in total. The molecule has 4 rings (SSSR count). The predicted molar refractivity (Wildman–Crippen MR) is 94.5 cm³/mol. The molecule has 2 aromatic rings. The van der Waals surface area contributed by atoms with Crippen molar-refractivity contribution in [1.82, 2.24) is 5.32 Å². The lowest BCUT2D eigenvalue weighted by Gasteiger charge is -2.18. The largest absolute Gasteiger partial charge is 0.454 e. The molecule has 0 fully saturated rings. The van der Waals surface area contributed by atoms with Gasteiger partial charge in [-0.15, -0.1) is 12.4 Å². The molecular formula is C18H18ClNO6. The Hall–Kier alpha value is -2.48. The van der Waals surface area contributed by atoms with Gasteiger partial charge in [0.15, 0.2) is 28.8 Å². The van der Waals surface area contributed by atoms with E-state index in [1.165, 1.54) is 0 Å². The Bertz CT molecular complexity index is 812. The fourth-order valence-corrected chi connectivity index (χ4v) is 2.88. The van der Waals surface area contributed by atoms with Crippen LogP contribution in [-0.4, -0.2) is 37.6 Å². The molecule has 0 bridgehead atoms. The zero-order valence-corrected chi connectivity index (χ0v) is 14.6. The molecule has 0 spiro atoms. The van der Waals surface area contributed by atoms with Gasteiger partial charge in [0, 0.05) is 12.1 Å². The van der Waals surface area contributed by atoms with Crippen LogP contribution in [0.3, 0.4) is 0 Å². The maximum Gasteiger partial charge on any atom is 0.231 e. The van der Waals surface area contributed by atoms with Gasteiger partial charge in [-0.1, -0.05) is 6.07 Å². The summed E-state index contributed by atoms with van der Waals surface area (Å²) in [6, 6.07) is 9.84. The minimum Gasteiger partial charge on any atom is -0.454 e. The van der Waals surface area contributed by atoms with Gasteiger partial charge in [0.05, 0.1) is 12.6 Å². The SMILES string of the molecule is Cl.O=C(c1ccc2c(c1)OCO2)C(NCCO)c1ccc2c(c1)OCO2. The molecule has 8 heteroatoms. The second-order valence-corrected chi connectivity index (χ2v) is 5.66. The highest BCUT2D eigenvalue weighted by Gasteiger charge is 2.26. The van der Waals surface area contributed by atoms with E-state index in [1.807, 2.05) is 6.07 Å². The fraction of sp³-hybridized carbons (Fsp3) is 0.278. The fourth-order valence-electron chi connectivity index (χ4n) is 2.88. The molecule has 2 aromatic carbocycles. The Morgan fingerprint density at radius 2 is 1.58 bits per heavy atom. The van der Waals surface area contributed by atoms with E-state index in [-0.39, 0.29) is 44.9 Å². The lowest BCUT2D eigenvalue weighted by Crippen LogP contribution is -2.31. The summed E-state index contributed by atoms with van der Waals surface area (Å²) >= 11 is 0. The summed E-state index contributed by atoms with van der Waals surface area (Å²) in [7, 11) is 0. The van der Waals surface area contributed by atoms with Crippen molar-refractivity contribution in [3.05, 3.63) is 47.5 Å². The van der Waals surface area contributed by atoms with Crippen molar-refractivity contribution in [3.63, 3.8) is 0 Å². The maximum atomic E-state index is 13.0. The number of rotatable bonds is 6. The Labute approximate surface area is 156 Å². The topological polar surface area (TPSA) is 86.3 Å². The molecule has 0 aliphatic carbocycles. The number of hydrogen-bond acceptors (Lipinski definition) is 7. The molecule has 0 aromatic heterocycles. The Morgan fingerprint density at radius 1 is 0.962 bits per heavy atom. The average molecular weight is 380 g/mol. The number of aliphatic hydroxyl groups is 1. The third-order valence-electron chi connectivity index (χ3n) is 4.11. The van der Waals surface area contributed by atoms with Gasteiger partial charge in [-0.05, 0) is 35.9 Å². The number of nitrogens with one attached hydrogen (secondary N) is 1. The normalized spacial score (nSPS) is 14.7. The van der Waals surface area contributed by atoms with E-state index in [2.05, 4.69) is 5.32 Å². The molecule has 138 valence electrons. The Balaban J connectivity index is 0.00000196. The molecule has 0 saturated carbocycles. The Morgan fingerprint density at radius 3 is 2.27 bits per heavy atom. The number of carbonyl (C=O) groups is 1. The highest BCUT2D eigenvalue weighted by atomic mass is 35.5. The standard InChI is InChI=1S/C18H17NO6.ClH/c20-6-5-19-17(11-1-3-13-15(7-11)24-9-22-13)18(21)12-2-4-14-16(8-12)25-10-23-14;/h1-4,7-8,17,19-20H,5-6,9-10H2;1H. The molecular weight excluding hydrogens is 362 g/mol. The summed E-state index contributed by atoms with van der Waals surface area (Å²) in [5.74, 6) is 2.30. The summed E-state index contributed by atoms with van der Waals surface area (Å²) in [6.45, 7) is 0.538. The number of Topliss-reactive ketones (excluding diaryl/α,β-unsaturated/α-hetero) is 1. The molecule has 0 radical (unpaired) electrons. The number of carbonyl (C=O) groups excluding carboxylic acids is 1. The van der Waals surface area contributed by atoms with Crippen LogP contribution in [0.5, 0.6) is 23.0 Å². The van der Waals surface area contributed by atoms with Crippen LogP contribution in [0.4, 0.5) is 0 Å². The van der Waals surface area contributed by atoms with Gasteiger partial charge in [0.2, 0.25) is 13.6 Å². The van der Waals surface area contributed by atoms with Crippen LogP contribution in [-0.2, 0) is 0 Å². The summed E-state index contributed by atoms with van der Waals surface area (Å²) in [6.07, 6.45) is 0.